The fourth-order valence-electron chi connectivity index (χ4n) is 4.37. The van der Waals surface area contributed by atoms with E-state index in [-0.39, 0.29) is 17.7 Å². The van der Waals surface area contributed by atoms with Crippen LogP contribution >= 0.6 is 0 Å². The minimum absolute atomic E-state index is 0.107. The molecular weight excluding hydrogens is 457 g/mol. The van der Waals surface area contributed by atoms with Crippen molar-refractivity contribution in [1.29, 1.82) is 0 Å². The third kappa shape index (κ3) is 4.58. The van der Waals surface area contributed by atoms with E-state index < -0.39 is 16.9 Å². The number of allylic oxidation sites excluding steroid dienone is 1. The van der Waals surface area contributed by atoms with E-state index in [9.17, 15) is 14.3 Å². The van der Waals surface area contributed by atoms with Gasteiger partial charge in [0, 0.05) is 42.0 Å². The molecule has 0 bridgehead atoms. The van der Waals surface area contributed by atoms with Crippen molar-refractivity contribution in [2.75, 3.05) is 5.32 Å². The summed E-state index contributed by atoms with van der Waals surface area (Å²) in [5.41, 5.74) is 1.25. The highest BCUT2D eigenvalue weighted by molar-refractivity contribution is 6.40. The van der Waals surface area contributed by atoms with Gasteiger partial charge in [0.25, 0.3) is 5.56 Å². The van der Waals surface area contributed by atoms with Gasteiger partial charge in [0.2, 0.25) is 0 Å². The molecule has 3 aromatic rings. The zero-order chi connectivity index (χ0) is 26.4. The number of hydrogen-bond donors (Lipinski definition) is 2. The number of anilines is 2. The summed E-state index contributed by atoms with van der Waals surface area (Å²) in [6.45, 7) is 9.18. The summed E-state index contributed by atoms with van der Waals surface area (Å²) in [5.74, 6) is -0.117. The number of halogens is 1. The Labute approximate surface area is 211 Å². The summed E-state index contributed by atoms with van der Waals surface area (Å²) in [6, 6.07) is 4.61. The summed E-state index contributed by atoms with van der Waals surface area (Å²) in [6.07, 6.45) is 5.85. The maximum Gasteiger partial charge on any atom is 0.253 e. The SMILES string of the molecule is [B]C1([B])Cc2ncc(Nc3cc(C)ncc3F)cc2C(C)(O)N1C(=C)/C(C)=C\c1nccc(=O)n1C. The molecule has 36 heavy (non-hydrogen) atoms. The standard InChI is InChI=1S/C25H25B2FN6O2/c1-14(8-22-29-7-6-23(35)33(22)5)16(3)34-24(4,36)18-10-17(12-31-21(18)11-25(34,26)27)32-20-9-15(2)30-13-19(20)28/h6-10,12-13,36H,3,11H2,1-2,4-5H3,(H,30,32)/b14-8-. The number of rotatable bonds is 5. The van der Waals surface area contributed by atoms with Crippen molar-refractivity contribution in [3.63, 3.8) is 0 Å². The fourth-order valence-corrected chi connectivity index (χ4v) is 4.37. The third-order valence-corrected chi connectivity index (χ3v) is 6.22. The lowest BCUT2D eigenvalue weighted by molar-refractivity contribution is -0.104. The molecule has 2 N–H and O–H groups in total. The van der Waals surface area contributed by atoms with E-state index in [0.29, 0.717) is 39.7 Å². The average Bonchev–Trinajstić information content (AvgIpc) is 2.79. The van der Waals surface area contributed by atoms with E-state index in [0.717, 1.165) is 6.20 Å². The minimum atomic E-state index is -1.73. The van der Waals surface area contributed by atoms with Crippen LogP contribution in [0.3, 0.4) is 0 Å². The highest BCUT2D eigenvalue weighted by Crippen LogP contribution is 2.43. The quantitative estimate of drug-likeness (QED) is 0.426. The van der Waals surface area contributed by atoms with Crippen LogP contribution in [-0.2, 0) is 19.2 Å². The van der Waals surface area contributed by atoms with E-state index in [1.807, 2.05) is 0 Å². The van der Waals surface area contributed by atoms with Crippen LogP contribution in [0, 0.1) is 12.7 Å². The van der Waals surface area contributed by atoms with Gasteiger partial charge in [-0.25, -0.2) is 9.37 Å². The molecule has 0 aromatic carbocycles. The molecule has 1 aliphatic heterocycles. The normalized spacial score (nSPS) is 19.1. The zero-order valence-corrected chi connectivity index (χ0v) is 20.6. The van der Waals surface area contributed by atoms with Crippen LogP contribution in [0.15, 0.2) is 59.4 Å². The van der Waals surface area contributed by atoms with Crippen molar-refractivity contribution >= 4 is 33.1 Å². The maximum atomic E-state index is 14.3. The predicted octanol–water partition coefficient (Wildman–Crippen LogP) is 2.39. The van der Waals surface area contributed by atoms with E-state index in [1.165, 1.54) is 34.9 Å². The molecule has 0 amide bonds. The Balaban J connectivity index is 1.73. The number of hydrogen-bond acceptors (Lipinski definition) is 7. The van der Waals surface area contributed by atoms with Gasteiger partial charge in [-0.1, -0.05) is 6.58 Å². The van der Waals surface area contributed by atoms with Crippen molar-refractivity contribution in [3.8, 4) is 0 Å². The first-order valence-corrected chi connectivity index (χ1v) is 11.2. The van der Waals surface area contributed by atoms with Crippen molar-refractivity contribution in [3.05, 3.63) is 93.6 Å². The molecule has 1 aliphatic rings. The average molecular weight is 482 g/mol. The number of pyridine rings is 2. The monoisotopic (exact) mass is 482 g/mol. The highest BCUT2D eigenvalue weighted by atomic mass is 19.1. The van der Waals surface area contributed by atoms with Crippen LogP contribution in [0.5, 0.6) is 0 Å². The Hall–Kier alpha value is -3.72. The molecule has 0 saturated heterocycles. The van der Waals surface area contributed by atoms with Gasteiger partial charge in [0.05, 0.1) is 39.5 Å². The number of nitrogens with zero attached hydrogens (tertiary/aromatic N) is 5. The molecule has 0 aliphatic carbocycles. The van der Waals surface area contributed by atoms with E-state index in [2.05, 4.69) is 26.8 Å². The minimum Gasteiger partial charge on any atom is -0.367 e. The number of aromatic nitrogens is 4. The summed E-state index contributed by atoms with van der Waals surface area (Å²) < 4.78 is 15.6. The maximum absolute atomic E-state index is 14.3. The summed E-state index contributed by atoms with van der Waals surface area (Å²) in [4.78, 5) is 26.0. The lowest BCUT2D eigenvalue weighted by atomic mass is 9.55. The van der Waals surface area contributed by atoms with Crippen LogP contribution in [-0.4, -0.2) is 50.6 Å². The predicted molar refractivity (Wildman–Crippen MR) is 138 cm³/mol. The number of fused-ring (bicyclic) bond motifs is 1. The van der Waals surface area contributed by atoms with Gasteiger partial charge in [-0.3, -0.25) is 19.3 Å². The first kappa shape index (κ1) is 25.4. The summed E-state index contributed by atoms with van der Waals surface area (Å²) in [7, 11) is 14.5. The van der Waals surface area contributed by atoms with Gasteiger partial charge in [-0.05, 0) is 56.3 Å². The summed E-state index contributed by atoms with van der Waals surface area (Å²) in [5, 5.41) is 13.2. The van der Waals surface area contributed by atoms with Crippen molar-refractivity contribution in [1.82, 2.24) is 24.4 Å². The molecule has 8 nitrogen and oxygen atoms in total. The molecule has 0 spiro atoms. The van der Waals surface area contributed by atoms with Crippen LogP contribution in [0.1, 0.15) is 36.6 Å². The van der Waals surface area contributed by atoms with Gasteiger partial charge in [0.15, 0.2) is 11.5 Å². The molecule has 0 fully saturated rings. The topological polar surface area (TPSA) is 96.2 Å². The molecule has 4 heterocycles. The van der Waals surface area contributed by atoms with Gasteiger partial charge in [0.1, 0.15) is 5.82 Å². The Morgan fingerprint density at radius 1 is 1.28 bits per heavy atom. The molecule has 1 atom stereocenters. The second-order valence-corrected chi connectivity index (χ2v) is 9.15. The lowest BCUT2D eigenvalue weighted by Gasteiger charge is -2.55. The Kier molecular flexibility index (Phi) is 6.38. The smallest absolute Gasteiger partial charge is 0.253 e. The van der Waals surface area contributed by atoms with Gasteiger partial charge >= 0.3 is 0 Å². The summed E-state index contributed by atoms with van der Waals surface area (Å²) >= 11 is 0. The molecule has 3 aromatic heterocycles. The molecule has 11 heteroatoms. The molecule has 1 unspecified atom stereocenters. The molecule has 4 radical (unpaired) electrons. The largest absolute Gasteiger partial charge is 0.367 e. The molecular formula is C25H25B2FN6O2. The first-order valence-electron chi connectivity index (χ1n) is 11.2. The van der Waals surface area contributed by atoms with Crippen LogP contribution < -0.4 is 10.9 Å². The Morgan fingerprint density at radius 3 is 2.72 bits per heavy atom. The van der Waals surface area contributed by atoms with E-state index >= 15 is 0 Å². The third-order valence-electron chi connectivity index (χ3n) is 6.22. The zero-order valence-electron chi connectivity index (χ0n) is 20.6. The van der Waals surface area contributed by atoms with Crippen molar-refractivity contribution in [2.45, 2.75) is 38.3 Å². The van der Waals surface area contributed by atoms with Crippen LogP contribution in [0.4, 0.5) is 15.8 Å². The number of aliphatic hydroxyl groups is 1. The van der Waals surface area contributed by atoms with E-state index in [1.54, 1.807) is 39.1 Å². The fraction of sp³-hybridized carbons (Fsp3) is 0.280. The van der Waals surface area contributed by atoms with Gasteiger partial charge in [-0.15, -0.1) is 0 Å². The second kappa shape index (κ2) is 9.05. The Bertz CT molecular complexity index is 1450. The molecule has 0 saturated carbocycles. The highest BCUT2D eigenvalue weighted by Gasteiger charge is 2.47. The second-order valence-electron chi connectivity index (χ2n) is 9.15. The van der Waals surface area contributed by atoms with Gasteiger partial charge < -0.3 is 15.3 Å². The molecule has 4 rings (SSSR count). The van der Waals surface area contributed by atoms with Crippen molar-refractivity contribution < 1.29 is 9.50 Å². The Morgan fingerprint density at radius 2 is 2.00 bits per heavy atom. The van der Waals surface area contributed by atoms with Gasteiger partial charge in [-0.2, -0.15) is 0 Å². The first-order chi connectivity index (χ1) is 16.8. The number of aryl methyl sites for hydroxylation is 1. The lowest BCUT2D eigenvalue weighted by Crippen LogP contribution is -2.62. The molecule has 180 valence electrons. The number of nitrogens with one attached hydrogen (secondary N) is 1. The van der Waals surface area contributed by atoms with Crippen molar-refractivity contribution in [2.24, 2.45) is 7.05 Å². The van der Waals surface area contributed by atoms with E-state index in [4.69, 9.17) is 15.7 Å². The van der Waals surface area contributed by atoms with Crippen LogP contribution in [0.25, 0.3) is 6.08 Å². The van der Waals surface area contributed by atoms with Crippen LogP contribution in [0.2, 0.25) is 0 Å².